The van der Waals surface area contributed by atoms with Crippen molar-refractivity contribution in [3.05, 3.63) is 28.2 Å². The molecule has 1 N–H and O–H groups in total. The number of ether oxygens (including phenoxy) is 1. The van der Waals surface area contributed by atoms with Crippen LogP contribution in [0.15, 0.2) is 23.2 Å². The maximum Gasteiger partial charge on any atom is 0.266 e. The highest BCUT2D eigenvalue weighted by molar-refractivity contribution is 8.14. The Labute approximate surface area is 125 Å². The highest BCUT2D eigenvalue weighted by atomic mass is 35.5. The average Bonchev–Trinajstić information content (AvgIpc) is 2.85. The van der Waals surface area contributed by atoms with Gasteiger partial charge in [0.2, 0.25) is 0 Å². The molecule has 1 aliphatic heterocycles. The zero-order chi connectivity index (χ0) is 13.8. The molecule has 102 valence electrons. The van der Waals surface area contributed by atoms with Crippen molar-refractivity contribution in [2.75, 3.05) is 12.3 Å². The van der Waals surface area contributed by atoms with Gasteiger partial charge >= 0.3 is 0 Å². The Balaban J connectivity index is 1.96. The lowest BCUT2D eigenvalue weighted by atomic mass is 10.3. The van der Waals surface area contributed by atoms with Crippen LogP contribution < -0.4 is 10.1 Å². The van der Waals surface area contributed by atoms with Gasteiger partial charge in [-0.05, 0) is 25.1 Å². The maximum absolute atomic E-state index is 11.9. The number of nitrogens with one attached hydrogen (secondary N) is 1. The molecule has 1 heterocycles. The van der Waals surface area contributed by atoms with Crippen LogP contribution in [-0.4, -0.2) is 29.5 Å². The second-order valence-electron chi connectivity index (χ2n) is 3.86. The third kappa shape index (κ3) is 4.03. The van der Waals surface area contributed by atoms with Crippen molar-refractivity contribution in [2.45, 2.75) is 13.0 Å². The summed E-state index contributed by atoms with van der Waals surface area (Å²) >= 11 is 13.3. The number of thioether (sulfide) groups is 1. The molecule has 1 atom stereocenters. The Bertz CT molecular complexity index is 522. The number of benzene rings is 1. The van der Waals surface area contributed by atoms with Gasteiger partial charge in [-0.2, -0.15) is 0 Å². The number of halogens is 2. The van der Waals surface area contributed by atoms with Gasteiger partial charge in [0.15, 0.2) is 11.3 Å². The normalized spacial score (nSPS) is 15.8. The number of hydrogen-bond donors (Lipinski definition) is 1. The Morgan fingerprint density at radius 1 is 1.53 bits per heavy atom. The summed E-state index contributed by atoms with van der Waals surface area (Å²) in [5.41, 5.74) is 0. The van der Waals surface area contributed by atoms with Gasteiger partial charge in [0, 0.05) is 10.8 Å². The van der Waals surface area contributed by atoms with E-state index in [4.69, 9.17) is 27.9 Å². The molecule has 0 saturated heterocycles. The summed E-state index contributed by atoms with van der Waals surface area (Å²) in [5.74, 6) is 1.07. The van der Waals surface area contributed by atoms with Crippen LogP contribution in [0.4, 0.5) is 0 Å². The Morgan fingerprint density at radius 3 is 2.95 bits per heavy atom. The third-order valence-electron chi connectivity index (χ3n) is 2.38. The van der Waals surface area contributed by atoms with Gasteiger partial charge in [0.05, 0.1) is 11.6 Å². The van der Waals surface area contributed by atoms with Gasteiger partial charge in [-0.1, -0.05) is 35.0 Å². The predicted molar refractivity (Wildman–Crippen MR) is 79.5 cm³/mol. The van der Waals surface area contributed by atoms with E-state index in [1.807, 2.05) is 0 Å². The minimum absolute atomic E-state index is 0.251. The zero-order valence-electron chi connectivity index (χ0n) is 10.2. The number of carbonyl (C=O) groups excluding carboxylic acids is 1. The van der Waals surface area contributed by atoms with E-state index in [-0.39, 0.29) is 5.91 Å². The highest BCUT2D eigenvalue weighted by Crippen LogP contribution is 2.28. The van der Waals surface area contributed by atoms with Gasteiger partial charge in [0.25, 0.3) is 5.91 Å². The third-order valence-corrected chi connectivity index (χ3v) is 3.80. The molecule has 1 aliphatic rings. The number of amides is 1. The fraction of sp³-hybridized carbons (Fsp3) is 0.333. The first-order chi connectivity index (χ1) is 9.06. The first kappa shape index (κ1) is 14.5. The Kier molecular flexibility index (Phi) is 4.96. The van der Waals surface area contributed by atoms with Crippen LogP contribution in [-0.2, 0) is 4.79 Å². The molecule has 7 heteroatoms. The fourth-order valence-electron chi connectivity index (χ4n) is 1.43. The number of carbonyl (C=O) groups is 1. The van der Waals surface area contributed by atoms with Crippen LogP contribution in [0.5, 0.6) is 5.75 Å². The summed E-state index contributed by atoms with van der Waals surface area (Å²) in [6.07, 6.45) is -0.664. The molecule has 1 aromatic carbocycles. The minimum atomic E-state index is -0.664. The number of amidine groups is 1. The maximum atomic E-state index is 11.9. The smallest absolute Gasteiger partial charge is 0.266 e. The van der Waals surface area contributed by atoms with E-state index < -0.39 is 6.10 Å². The molecule has 2 rings (SSSR count). The molecular formula is C12H12Cl2N2O2S. The van der Waals surface area contributed by atoms with E-state index in [9.17, 15) is 4.79 Å². The van der Waals surface area contributed by atoms with E-state index in [0.717, 1.165) is 12.3 Å². The molecular weight excluding hydrogens is 307 g/mol. The van der Waals surface area contributed by atoms with Crippen molar-refractivity contribution < 1.29 is 9.53 Å². The lowest BCUT2D eigenvalue weighted by molar-refractivity contribution is -0.125. The summed E-state index contributed by atoms with van der Waals surface area (Å²) in [5, 5.41) is 4.25. The first-order valence-electron chi connectivity index (χ1n) is 5.66. The van der Waals surface area contributed by atoms with E-state index in [1.54, 1.807) is 25.1 Å². The molecule has 0 unspecified atom stereocenters. The van der Waals surface area contributed by atoms with Crippen molar-refractivity contribution >= 4 is 46.0 Å². The van der Waals surface area contributed by atoms with Crippen molar-refractivity contribution in [1.82, 2.24) is 5.32 Å². The second kappa shape index (κ2) is 6.50. The van der Waals surface area contributed by atoms with Crippen molar-refractivity contribution in [2.24, 2.45) is 4.99 Å². The van der Waals surface area contributed by atoms with Crippen LogP contribution in [0.3, 0.4) is 0 Å². The molecule has 0 aliphatic carbocycles. The summed E-state index contributed by atoms with van der Waals surface area (Å²) in [4.78, 5) is 16.0. The van der Waals surface area contributed by atoms with Crippen LogP contribution in [0.2, 0.25) is 10.0 Å². The summed E-state index contributed by atoms with van der Waals surface area (Å²) in [7, 11) is 0. The first-order valence-corrected chi connectivity index (χ1v) is 7.40. The quantitative estimate of drug-likeness (QED) is 0.932. The molecule has 0 saturated carbocycles. The summed E-state index contributed by atoms with van der Waals surface area (Å²) in [6.45, 7) is 2.39. The van der Waals surface area contributed by atoms with Crippen LogP contribution in [0.1, 0.15) is 6.92 Å². The van der Waals surface area contributed by atoms with E-state index >= 15 is 0 Å². The minimum Gasteiger partial charge on any atom is -0.479 e. The van der Waals surface area contributed by atoms with E-state index in [0.29, 0.717) is 21.0 Å². The number of rotatable bonds is 3. The number of hydrogen-bond acceptors (Lipinski definition) is 4. The van der Waals surface area contributed by atoms with Crippen molar-refractivity contribution in [3.8, 4) is 5.75 Å². The Morgan fingerprint density at radius 2 is 2.32 bits per heavy atom. The van der Waals surface area contributed by atoms with Crippen molar-refractivity contribution in [3.63, 3.8) is 0 Å². The van der Waals surface area contributed by atoms with E-state index in [1.165, 1.54) is 11.8 Å². The van der Waals surface area contributed by atoms with Gasteiger partial charge in [-0.3, -0.25) is 9.79 Å². The number of aliphatic imine (C=N–C) groups is 1. The SMILES string of the molecule is C[C@@H](Oc1ccc(Cl)cc1Cl)C(=O)NC1=NCCS1. The highest BCUT2D eigenvalue weighted by Gasteiger charge is 2.19. The zero-order valence-corrected chi connectivity index (χ0v) is 12.5. The summed E-state index contributed by atoms with van der Waals surface area (Å²) < 4.78 is 5.51. The standard InChI is InChI=1S/C12H12Cl2N2O2S/c1-7(11(17)16-12-15-4-5-19-12)18-10-3-2-8(13)6-9(10)14/h2-3,6-7H,4-5H2,1H3,(H,15,16,17)/t7-/m1/s1. The molecule has 1 amide bonds. The molecule has 0 radical (unpaired) electrons. The van der Waals surface area contributed by atoms with Gasteiger partial charge in [0.1, 0.15) is 5.75 Å². The van der Waals surface area contributed by atoms with Crippen LogP contribution in [0.25, 0.3) is 0 Å². The lowest BCUT2D eigenvalue weighted by Gasteiger charge is -2.15. The molecule has 0 fully saturated rings. The molecule has 0 bridgehead atoms. The second-order valence-corrected chi connectivity index (χ2v) is 5.79. The molecule has 4 nitrogen and oxygen atoms in total. The van der Waals surface area contributed by atoms with Gasteiger partial charge in [-0.15, -0.1) is 0 Å². The lowest BCUT2D eigenvalue weighted by Crippen LogP contribution is -2.38. The van der Waals surface area contributed by atoms with Crippen LogP contribution in [0, 0.1) is 0 Å². The molecule has 19 heavy (non-hydrogen) atoms. The Hall–Kier alpha value is -0.910. The topological polar surface area (TPSA) is 50.7 Å². The predicted octanol–water partition coefficient (Wildman–Crippen LogP) is 2.98. The monoisotopic (exact) mass is 318 g/mol. The average molecular weight is 319 g/mol. The van der Waals surface area contributed by atoms with Gasteiger partial charge in [-0.25, -0.2) is 0 Å². The summed E-state index contributed by atoms with van der Waals surface area (Å²) in [6, 6.07) is 4.86. The fourth-order valence-corrected chi connectivity index (χ4v) is 2.62. The van der Waals surface area contributed by atoms with Crippen LogP contribution >= 0.6 is 35.0 Å². The largest absolute Gasteiger partial charge is 0.479 e. The van der Waals surface area contributed by atoms with Gasteiger partial charge < -0.3 is 10.1 Å². The number of nitrogens with zero attached hydrogens (tertiary/aromatic N) is 1. The molecule has 1 aromatic rings. The van der Waals surface area contributed by atoms with Crippen molar-refractivity contribution in [1.29, 1.82) is 0 Å². The molecule has 0 aromatic heterocycles. The van der Waals surface area contributed by atoms with E-state index in [2.05, 4.69) is 10.3 Å². The molecule has 0 spiro atoms.